The van der Waals surface area contributed by atoms with Gasteiger partial charge in [0.2, 0.25) is 5.91 Å². The summed E-state index contributed by atoms with van der Waals surface area (Å²) in [6.07, 6.45) is 6.04. The summed E-state index contributed by atoms with van der Waals surface area (Å²) < 4.78 is 0.955. The Balaban J connectivity index is 1.54. The third-order valence-electron chi connectivity index (χ3n) is 6.65. The maximum absolute atomic E-state index is 13.4. The first-order valence-electron chi connectivity index (χ1n) is 9.96. The smallest absolute Gasteiger partial charge is 0.230 e. The van der Waals surface area contributed by atoms with Gasteiger partial charge in [-0.05, 0) is 63.1 Å². The minimum atomic E-state index is -0.316. The molecule has 1 aromatic carbocycles. The van der Waals surface area contributed by atoms with Crippen LogP contribution in [0.2, 0.25) is 0 Å². The number of nitriles is 1. The minimum absolute atomic E-state index is 0.195. The van der Waals surface area contributed by atoms with Crippen molar-refractivity contribution in [3.63, 3.8) is 0 Å². The molecular weight excluding hydrogens is 406 g/mol. The second-order valence-electron chi connectivity index (χ2n) is 8.29. The largest absolute Gasteiger partial charge is 0.393 e. The third kappa shape index (κ3) is 3.48. The van der Waals surface area contributed by atoms with Gasteiger partial charge in [-0.1, -0.05) is 15.9 Å². The number of carbonyl (C=O) groups excluding carboxylic acids is 1. The van der Waals surface area contributed by atoms with Crippen LogP contribution in [0.3, 0.4) is 0 Å². The highest BCUT2D eigenvalue weighted by atomic mass is 79.9. The number of hydrogen-bond acceptors (Lipinski definition) is 4. The maximum atomic E-state index is 13.4. The van der Waals surface area contributed by atoms with Crippen molar-refractivity contribution in [2.45, 2.75) is 57.1 Å². The van der Waals surface area contributed by atoms with Crippen LogP contribution in [0.5, 0.6) is 0 Å². The van der Waals surface area contributed by atoms with Crippen LogP contribution >= 0.6 is 15.9 Å². The van der Waals surface area contributed by atoms with E-state index in [9.17, 15) is 15.2 Å². The summed E-state index contributed by atoms with van der Waals surface area (Å²) in [5.74, 6) is 0.294. The zero-order chi connectivity index (χ0) is 19.0. The van der Waals surface area contributed by atoms with Crippen LogP contribution < -0.4 is 4.90 Å². The van der Waals surface area contributed by atoms with Gasteiger partial charge in [-0.2, -0.15) is 5.26 Å². The lowest BCUT2D eigenvalue weighted by Gasteiger charge is -2.41. The van der Waals surface area contributed by atoms with E-state index < -0.39 is 0 Å². The number of hydrogen-bond donors (Lipinski definition) is 1. The predicted octanol–water partition coefficient (Wildman–Crippen LogP) is 3.44. The minimum Gasteiger partial charge on any atom is -0.393 e. The molecule has 27 heavy (non-hydrogen) atoms. The van der Waals surface area contributed by atoms with Crippen LogP contribution in [-0.4, -0.2) is 47.7 Å². The van der Waals surface area contributed by atoms with Crippen molar-refractivity contribution < 1.29 is 9.90 Å². The average molecular weight is 432 g/mol. The number of halogens is 1. The standard InChI is InChI=1S/C21H26BrN3O2/c22-16-3-2-15(13-23)19(12-16)24-10-1-8-21(14-24)9-11-25(20(21)27)17-4-6-18(26)7-5-17/h2-3,12,17-18,26H,1,4-11,14H2/t17-,18+,21-/m1/s1. The summed E-state index contributed by atoms with van der Waals surface area (Å²) in [6, 6.07) is 8.31. The molecule has 1 aromatic rings. The summed E-state index contributed by atoms with van der Waals surface area (Å²) in [4.78, 5) is 17.8. The maximum Gasteiger partial charge on any atom is 0.230 e. The number of benzene rings is 1. The van der Waals surface area contributed by atoms with Crippen LogP contribution in [-0.2, 0) is 4.79 Å². The second-order valence-corrected chi connectivity index (χ2v) is 9.21. The number of piperidine rings is 1. The Hall–Kier alpha value is -1.58. The van der Waals surface area contributed by atoms with E-state index in [1.807, 2.05) is 18.2 Å². The van der Waals surface area contributed by atoms with E-state index >= 15 is 0 Å². The molecule has 1 atom stereocenters. The van der Waals surface area contributed by atoms with E-state index in [-0.39, 0.29) is 17.6 Å². The number of anilines is 1. The molecule has 2 aliphatic heterocycles. The van der Waals surface area contributed by atoms with Crippen LogP contribution in [0.1, 0.15) is 50.5 Å². The van der Waals surface area contributed by atoms with Gasteiger partial charge in [0, 0.05) is 30.1 Å². The number of amides is 1. The number of carbonyl (C=O) groups is 1. The molecule has 2 saturated heterocycles. The summed E-state index contributed by atoms with van der Waals surface area (Å²) in [5, 5.41) is 19.3. The van der Waals surface area contributed by atoms with Gasteiger partial charge < -0.3 is 14.9 Å². The first kappa shape index (κ1) is 18.8. The molecule has 6 heteroatoms. The van der Waals surface area contributed by atoms with Crippen molar-refractivity contribution in [1.29, 1.82) is 5.26 Å². The fraction of sp³-hybridized carbons (Fsp3) is 0.619. The third-order valence-corrected chi connectivity index (χ3v) is 7.14. The number of rotatable bonds is 2. The van der Waals surface area contributed by atoms with Crippen molar-refractivity contribution in [3.8, 4) is 6.07 Å². The van der Waals surface area contributed by atoms with Crippen LogP contribution in [0.15, 0.2) is 22.7 Å². The Kier molecular flexibility index (Phi) is 5.17. The van der Waals surface area contributed by atoms with Crippen molar-refractivity contribution >= 4 is 27.5 Å². The topological polar surface area (TPSA) is 67.6 Å². The summed E-state index contributed by atoms with van der Waals surface area (Å²) in [7, 11) is 0. The SMILES string of the molecule is N#Cc1ccc(Br)cc1N1CCC[C@@]2(CCN([C@H]3CC[C@@H](O)CC3)C2=O)C1. The second kappa shape index (κ2) is 7.44. The van der Waals surface area contributed by atoms with Crippen molar-refractivity contribution in [2.75, 3.05) is 24.5 Å². The molecule has 144 valence electrons. The van der Waals surface area contributed by atoms with Gasteiger partial charge >= 0.3 is 0 Å². The molecule has 4 rings (SSSR count). The van der Waals surface area contributed by atoms with Crippen molar-refractivity contribution in [3.05, 3.63) is 28.2 Å². The molecule has 3 aliphatic rings. The molecule has 1 N–H and O–H groups in total. The highest BCUT2D eigenvalue weighted by molar-refractivity contribution is 9.10. The van der Waals surface area contributed by atoms with Crippen LogP contribution in [0.25, 0.3) is 0 Å². The number of aliphatic hydroxyl groups is 1. The van der Waals surface area contributed by atoms with Crippen molar-refractivity contribution in [2.24, 2.45) is 5.41 Å². The molecule has 0 aromatic heterocycles. The molecule has 1 amide bonds. The van der Waals surface area contributed by atoms with Crippen molar-refractivity contribution in [1.82, 2.24) is 4.90 Å². The molecule has 0 unspecified atom stereocenters. The molecule has 3 fully saturated rings. The van der Waals surface area contributed by atoms with Gasteiger partial charge in [0.05, 0.1) is 22.8 Å². The highest BCUT2D eigenvalue weighted by Gasteiger charge is 2.50. The lowest BCUT2D eigenvalue weighted by Crippen LogP contribution is -2.50. The lowest BCUT2D eigenvalue weighted by atomic mass is 9.78. The fourth-order valence-electron chi connectivity index (χ4n) is 5.14. The fourth-order valence-corrected chi connectivity index (χ4v) is 5.49. The van der Waals surface area contributed by atoms with Gasteiger partial charge in [0.25, 0.3) is 0 Å². The van der Waals surface area contributed by atoms with Gasteiger partial charge in [-0.3, -0.25) is 4.79 Å². The van der Waals surface area contributed by atoms with Crippen LogP contribution in [0.4, 0.5) is 5.69 Å². The molecule has 5 nitrogen and oxygen atoms in total. The van der Waals surface area contributed by atoms with Gasteiger partial charge in [-0.15, -0.1) is 0 Å². The molecule has 1 saturated carbocycles. The summed E-state index contributed by atoms with van der Waals surface area (Å²) >= 11 is 3.51. The van der Waals surface area contributed by atoms with Gasteiger partial charge in [-0.25, -0.2) is 0 Å². The van der Waals surface area contributed by atoms with E-state index in [2.05, 4.69) is 31.8 Å². The number of nitrogens with zero attached hydrogens (tertiary/aromatic N) is 3. The Morgan fingerprint density at radius 3 is 2.70 bits per heavy atom. The lowest BCUT2D eigenvalue weighted by molar-refractivity contribution is -0.139. The average Bonchev–Trinajstić information content (AvgIpc) is 2.98. The zero-order valence-electron chi connectivity index (χ0n) is 15.5. The number of aliphatic hydroxyl groups excluding tert-OH is 1. The normalized spacial score (nSPS) is 31.4. The molecule has 1 spiro atoms. The Morgan fingerprint density at radius 1 is 1.19 bits per heavy atom. The molecule has 0 bridgehead atoms. The Morgan fingerprint density at radius 2 is 1.96 bits per heavy atom. The van der Waals surface area contributed by atoms with E-state index in [4.69, 9.17) is 0 Å². The van der Waals surface area contributed by atoms with Gasteiger partial charge in [0.1, 0.15) is 6.07 Å². The van der Waals surface area contributed by atoms with Crippen LogP contribution in [0, 0.1) is 16.7 Å². The van der Waals surface area contributed by atoms with Gasteiger partial charge in [0.15, 0.2) is 0 Å². The van der Waals surface area contributed by atoms with E-state index in [0.29, 0.717) is 18.0 Å². The molecule has 2 heterocycles. The quantitative estimate of drug-likeness (QED) is 0.778. The first-order chi connectivity index (χ1) is 13.0. The Labute approximate surface area is 169 Å². The molecule has 1 aliphatic carbocycles. The van der Waals surface area contributed by atoms with E-state index in [1.165, 1.54) is 0 Å². The Bertz CT molecular complexity index is 769. The highest BCUT2D eigenvalue weighted by Crippen LogP contribution is 2.44. The number of likely N-dealkylation sites (tertiary alicyclic amines) is 1. The summed E-state index contributed by atoms with van der Waals surface area (Å²) in [6.45, 7) is 2.41. The molecular formula is C21H26BrN3O2. The monoisotopic (exact) mass is 431 g/mol. The summed E-state index contributed by atoms with van der Waals surface area (Å²) in [5.41, 5.74) is 1.28. The zero-order valence-corrected chi connectivity index (χ0v) is 17.1. The predicted molar refractivity (Wildman–Crippen MR) is 107 cm³/mol. The molecule has 0 radical (unpaired) electrons. The van der Waals surface area contributed by atoms with E-state index in [1.54, 1.807) is 0 Å². The van der Waals surface area contributed by atoms with E-state index in [0.717, 1.165) is 68.2 Å². The first-order valence-corrected chi connectivity index (χ1v) is 10.8.